The van der Waals surface area contributed by atoms with E-state index in [9.17, 15) is 4.79 Å². The summed E-state index contributed by atoms with van der Waals surface area (Å²) < 4.78 is 0. The van der Waals surface area contributed by atoms with Crippen LogP contribution in [0.1, 0.15) is 36.0 Å². The Kier molecular flexibility index (Phi) is 6.03. The summed E-state index contributed by atoms with van der Waals surface area (Å²) in [5.41, 5.74) is 11.0. The first-order valence-electron chi connectivity index (χ1n) is 5.94. The molecule has 0 atom stereocenters. The summed E-state index contributed by atoms with van der Waals surface area (Å²) in [4.78, 5) is 14.9. The first-order chi connectivity index (χ1) is 8.24. The summed E-state index contributed by atoms with van der Waals surface area (Å²) in [6.45, 7) is 1.65. The van der Waals surface area contributed by atoms with Crippen molar-refractivity contribution >= 4 is 11.7 Å². The fourth-order valence-corrected chi connectivity index (χ4v) is 1.48. The molecular weight excluding hydrogens is 216 g/mol. The third-order valence-corrected chi connectivity index (χ3v) is 2.49. The summed E-state index contributed by atoms with van der Waals surface area (Å²) in [6.07, 6.45) is 6.01. The third-order valence-electron chi connectivity index (χ3n) is 2.49. The lowest BCUT2D eigenvalue weighted by molar-refractivity contribution is 0.1000. The molecule has 0 aliphatic rings. The molecule has 5 heteroatoms. The topological polar surface area (TPSA) is 94.0 Å². The average Bonchev–Trinajstić information content (AvgIpc) is 2.34. The standard InChI is InChI=1S/C12H20N4O/c13-7-3-1-2-4-8-15-11-6-5-10(9-16-11)12(14)17/h5-6,9H,1-4,7-8,13H2,(H2,14,17)(H,15,16). The highest BCUT2D eigenvalue weighted by Gasteiger charge is 2.00. The second kappa shape index (κ2) is 7.62. The number of nitrogens with zero attached hydrogens (tertiary/aromatic N) is 1. The molecule has 0 saturated carbocycles. The van der Waals surface area contributed by atoms with Crippen molar-refractivity contribution in [3.05, 3.63) is 23.9 Å². The molecule has 0 aromatic carbocycles. The predicted octanol–water partition coefficient (Wildman–Crippen LogP) is 1.11. The molecule has 94 valence electrons. The van der Waals surface area contributed by atoms with Crippen molar-refractivity contribution < 1.29 is 4.79 Å². The molecule has 0 bridgehead atoms. The molecule has 0 unspecified atom stereocenters. The number of carbonyl (C=O) groups is 1. The van der Waals surface area contributed by atoms with E-state index >= 15 is 0 Å². The quantitative estimate of drug-likeness (QED) is 0.589. The molecule has 17 heavy (non-hydrogen) atoms. The van der Waals surface area contributed by atoms with Gasteiger partial charge in [0, 0.05) is 12.7 Å². The van der Waals surface area contributed by atoms with E-state index in [-0.39, 0.29) is 0 Å². The Balaban J connectivity index is 2.21. The van der Waals surface area contributed by atoms with E-state index in [0.29, 0.717) is 5.56 Å². The van der Waals surface area contributed by atoms with Crippen molar-refractivity contribution in [1.82, 2.24) is 4.98 Å². The van der Waals surface area contributed by atoms with Crippen molar-refractivity contribution in [3.8, 4) is 0 Å². The second-order valence-corrected chi connectivity index (χ2v) is 3.93. The lowest BCUT2D eigenvalue weighted by Gasteiger charge is -2.05. The molecule has 1 aromatic rings. The number of primary amides is 1. The minimum Gasteiger partial charge on any atom is -0.370 e. The molecule has 0 radical (unpaired) electrons. The van der Waals surface area contributed by atoms with Crippen LogP contribution in [0.4, 0.5) is 5.82 Å². The van der Waals surface area contributed by atoms with E-state index in [1.165, 1.54) is 19.0 Å². The highest BCUT2D eigenvalue weighted by molar-refractivity contribution is 5.92. The van der Waals surface area contributed by atoms with Gasteiger partial charge >= 0.3 is 0 Å². The van der Waals surface area contributed by atoms with Gasteiger partial charge in [-0.15, -0.1) is 0 Å². The molecule has 1 heterocycles. The normalized spacial score (nSPS) is 10.2. The Hall–Kier alpha value is -1.62. The van der Waals surface area contributed by atoms with Gasteiger partial charge in [-0.2, -0.15) is 0 Å². The molecular formula is C12H20N4O. The van der Waals surface area contributed by atoms with Gasteiger partial charge in [-0.25, -0.2) is 4.98 Å². The van der Waals surface area contributed by atoms with Gasteiger partial charge in [-0.3, -0.25) is 4.79 Å². The van der Waals surface area contributed by atoms with Gasteiger partial charge in [0.05, 0.1) is 5.56 Å². The van der Waals surface area contributed by atoms with Crippen LogP contribution in [0.5, 0.6) is 0 Å². The maximum atomic E-state index is 10.8. The van der Waals surface area contributed by atoms with Gasteiger partial charge < -0.3 is 16.8 Å². The van der Waals surface area contributed by atoms with Gasteiger partial charge in [-0.1, -0.05) is 12.8 Å². The molecule has 5 N–H and O–H groups in total. The van der Waals surface area contributed by atoms with Crippen LogP contribution in [0.15, 0.2) is 18.3 Å². The molecule has 0 saturated heterocycles. The van der Waals surface area contributed by atoms with Gasteiger partial charge in [-0.05, 0) is 31.5 Å². The lowest BCUT2D eigenvalue weighted by atomic mass is 10.2. The third kappa shape index (κ3) is 5.31. The summed E-state index contributed by atoms with van der Waals surface area (Å²) in [5.74, 6) is 0.319. The van der Waals surface area contributed by atoms with E-state index in [4.69, 9.17) is 11.5 Å². The van der Waals surface area contributed by atoms with Crippen LogP contribution in [0.25, 0.3) is 0 Å². The zero-order valence-electron chi connectivity index (χ0n) is 9.98. The number of anilines is 1. The molecule has 1 rings (SSSR count). The van der Waals surface area contributed by atoms with Gasteiger partial charge in [0.1, 0.15) is 5.82 Å². The number of pyridine rings is 1. The molecule has 1 aromatic heterocycles. The molecule has 0 aliphatic heterocycles. The number of aromatic nitrogens is 1. The van der Waals surface area contributed by atoms with Crippen LogP contribution in [0, 0.1) is 0 Å². The number of carbonyl (C=O) groups excluding carboxylic acids is 1. The van der Waals surface area contributed by atoms with E-state index in [0.717, 1.165) is 31.7 Å². The summed E-state index contributed by atoms with van der Waals surface area (Å²) in [5, 5.41) is 3.19. The van der Waals surface area contributed by atoms with Crippen LogP contribution < -0.4 is 16.8 Å². The highest BCUT2D eigenvalue weighted by atomic mass is 16.1. The largest absolute Gasteiger partial charge is 0.370 e. The number of rotatable bonds is 8. The number of hydrogen-bond acceptors (Lipinski definition) is 4. The number of nitrogens with two attached hydrogens (primary N) is 2. The minimum absolute atomic E-state index is 0.429. The number of amides is 1. The summed E-state index contributed by atoms with van der Waals surface area (Å²) in [6, 6.07) is 3.44. The SMILES string of the molecule is NCCCCCCNc1ccc(C(N)=O)cn1. The van der Waals surface area contributed by atoms with Crippen LogP contribution >= 0.6 is 0 Å². The Labute approximate surface area is 102 Å². The van der Waals surface area contributed by atoms with Crippen molar-refractivity contribution in [2.24, 2.45) is 11.5 Å². The van der Waals surface area contributed by atoms with Crippen LogP contribution in [0.2, 0.25) is 0 Å². The highest BCUT2D eigenvalue weighted by Crippen LogP contribution is 2.05. The van der Waals surface area contributed by atoms with Crippen LogP contribution in [0.3, 0.4) is 0 Å². The van der Waals surface area contributed by atoms with Gasteiger partial charge in [0.25, 0.3) is 0 Å². The first kappa shape index (κ1) is 13.4. The van der Waals surface area contributed by atoms with E-state index < -0.39 is 5.91 Å². The van der Waals surface area contributed by atoms with Gasteiger partial charge in [0.2, 0.25) is 5.91 Å². The predicted molar refractivity (Wildman–Crippen MR) is 68.8 cm³/mol. The second-order valence-electron chi connectivity index (χ2n) is 3.93. The smallest absolute Gasteiger partial charge is 0.250 e. The van der Waals surface area contributed by atoms with Crippen molar-refractivity contribution in [2.45, 2.75) is 25.7 Å². The zero-order valence-corrected chi connectivity index (χ0v) is 9.98. The minimum atomic E-state index is -0.453. The van der Waals surface area contributed by atoms with E-state index in [1.54, 1.807) is 12.1 Å². The monoisotopic (exact) mass is 236 g/mol. The number of unbranched alkanes of at least 4 members (excludes halogenated alkanes) is 3. The van der Waals surface area contributed by atoms with E-state index in [2.05, 4.69) is 10.3 Å². The summed E-state index contributed by atoms with van der Waals surface area (Å²) in [7, 11) is 0. The number of hydrogen-bond donors (Lipinski definition) is 3. The Morgan fingerprint density at radius 1 is 1.24 bits per heavy atom. The average molecular weight is 236 g/mol. The molecule has 0 aliphatic carbocycles. The summed E-state index contributed by atoms with van der Waals surface area (Å²) >= 11 is 0. The van der Waals surface area contributed by atoms with Crippen molar-refractivity contribution in [3.63, 3.8) is 0 Å². The number of nitrogens with one attached hydrogen (secondary N) is 1. The van der Waals surface area contributed by atoms with Crippen LogP contribution in [-0.4, -0.2) is 24.0 Å². The molecule has 0 spiro atoms. The molecule has 1 amide bonds. The fraction of sp³-hybridized carbons (Fsp3) is 0.500. The first-order valence-corrected chi connectivity index (χ1v) is 5.94. The lowest BCUT2D eigenvalue weighted by Crippen LogP contribution is -2.11. The molecule has 0 fully saturated rings. The maximum Gasteiger partial charge on any atom is 0.250 e. The molecule has 5 nitrogen and oxygen atoms in total. The van der Waals surface area contributed by atoms with Crippen molar-refractivity contribution in [1.29, 1.82) is 0 Å². The Morgan fingerprint density at radius 3 is 2.59 bits per heavy atom. The Bertz CT molecular complexity index is 337. The fourth-order valence-electron chi connectivity index (χ4n) is 1.48. The van der Waals surface area contributed by atoms with Gasteiger partial charge in [0.15, 0.2) is 0 Å². The maximum absolute atomic E-state index is 10.8. The van der Waals surface area contributed by atoms with Crippen LogP contribution in [-0.2, 0) is 0 Å². The zero-order chi connectivity index (χ0) is 12.5. The van der Waals surface area contributed by atoms with Crippen molar-refractivity contribution in [2.75, 3.05) is 18.4 Å². The van der Waals surface area contributed by atoms with E-state index in [1.807, 2.05) is 0 Å². The Morgan fingerprint density at radius 2 is 2.00 bits per heavy atom.